The number of nitrogens with zero attached hydrogens (tertiary/aromatic N) is 5. The third-order valence-electron chi connectivity index (χ3n) is 7.35. The van der Waals surface area contributed by atoms with E-state index in [1.54, 1.807) is 19.2 Å². The monoisotopic (exact) mass is 547 g/mol. The molecule has 5 rings (SSSR count). The van der Waals surface area contributed by atoms with Gasteiger partial charge in [0.1, 0.15) is 6.54 Å². The minimum Gasteiger partial charge on any atom is -0.338 e. The minimum absolute atomic E-state index is 0.262. The molecule has 2 fully saturated rings. The van der Waals surface area contributed by atoms with Gasteiger partial charge in [-0.2, -0.15) is 4.98 Å². The number of aromatic nitrogens is 4. The van der Waals surface area contributed by atoms with E-state index in [9.17, 15) is 14.4 Å². The number of hydrogen-bond donors (Lipinski definition) is 2. The topological polar surface area (TPSA) is 106 Å². The Kier molecular flexibility index (Phi) is 7.08. The fourth-order valence-corrected chi connectivity index (χ4v) is 5.80. The Morgan fingerprint density at radius 1 is 1.22 bits per heavy atom. The van der Waals surface area contributed by atoms with Crippen molar-refractivity contribution in [3.63, 3.8) is 0 Å². The Morgan fingerprint density at radius 3 is 2.73 bits per heavy atom. The molecule has 1 aromatic carbocycles. The van der Waals surface area contributed by atoms with Crippen LogP contribution in [0.4, 0.5) is 11.6 Å². The number of aryl methyl sites for hydroxylation is 2. The van der Waals surface area contributed by atoms with Crippen LogP contribution in [0.5, 0.6) is 0 Å². The van der Waals surface area contributed by atoms with Crippen LogP contribution in [-0.4, -0.2) is 50.3 Å². The number of halogens is 2. The Bertz CT molecular complexity index is 1480. The van der Waals surface area contributed by atoms with Crippen LogP contribution in [0.1, 0.15) is 26.7 Å². The molecule has 1 amide bonds. The van der Waals surface area contributed by atoms with E-state index in [0.717, 1.165) is 37.0 Å². The lowest BCUT2D eigenvalue weighted by Crippen LogP contribution is -2.42. The lowest BCUT2D eigenvalue weighted by Gasteiger charge is -2.25. The highest BCUT2D eigenvalue weighted by Crippen LogP contribution is 2.33. The summed E-state index contributed by atoms with van der Waals surface area (Å²) in [6.07, 6.45) is 1.90. The molecule has 2 N–H and O–H groups in total. The summed E-state index contributed by atoms with van der Waals surface area (Å²) in [5.41, 5.74) is -0.111. The van der Waals surface area contributed by atoms with Crippen molar-refractivity contribution in [1.29, 1.82) is 0 Å². The molecule has 198 valence electrons. The summed E-state index contributed by atoms with van der Waals surface area (Å²) >= 11 is 12.1. The van der Waals surface area contributed by atoms with Crippen LogP contribution in [0.25, 0.3) is 11.2 Å². The van der Waals surface area contributed by atoms with E-state index in [1.807, 2.05) is 4.57 Å². The average Bonchev–Trinajstić information content (AvgIpc) is 3.55. The van der Waals surface area contributed by atoms with E-state index in [0.29, 0.717) is 52.2 Å². The Morgan fingerprint density at radius 2 is 2.00 bits per heavy atom. The smallest absolute Gasteiger partial charge is 0.332 e. The van der Waals surface area contributed by atoms with E-state index >= 15 is 0 Å². The third kappa shape index (κ3) is 4.78. The van der Waals surface area contributed by atoms with E-state index in [2.05, 4.69) is 29.4 Å². The van der Waals surface area contributed by atoms with Gasteiger partial charge in [0.25, 0.3) is 5.56 Å². The summed E-state index contributed by atoms with van der Waals surface area (Å²) in [5, 5.41) is 6.81. The zero-order valence-corrected chi connectivity index (χ0v) is 22.6. The summed E-state index contributed by atoms with van der Waals surface area (Å²) in [5.74, 6) is 1.13. The molecular weight excluding hydrogens is 517 g/mol. The molecule has 0 bridgehead atoms. The zero-order chi connectivity index (χ0) is 26.4. The maximum atomic E-state index is 13.8. The number of nitrogens with one attached hydrogen (secondary N) is 2. The highest BCUT2D eigenvalue weighted by Gasteiger charge is 2.40. The molecule has 3 aromatic rings. The second-order valence-electron chi connectivity index (χ2n) is 10.3. The van der Waals surface area contributed by atoms with Crippen molar-refractivity contribution >= 4 is 51.9 Å². The molecule has 2 aromatic heterocycles. The van der Waals surface area contributed by atoms with Gasteiger partial charge in [0.15, 0.2) is 11.2 Å². The van der Waals surface area contributed by atoms with Crippen molar-refractivity contribution < 1.29 is 4.79 Å². The van der Waals surface area contributed by atoms with E-state index in [1.165, 1.54) is 10.6 Å². The normalized spacial score (nSPS) is 19.2. The Labute approximate surface area is 224 Å². The lowest BCUT2D eigenvalue weighted by atomic mass is 10.1. The molecule has 2 aliphatic rings. The maximum absolute atomic E-state index is 13.8. The second kappa shape index (κ2) is 10.2. The number of carbonyl (C=O) groups excluding carboxylic acids is 1. The average molecular weight is 548 g/mol. The predicted octanol–water partition coefficient (Wildman–Crippen LogP) is 2.69. The number of hydrogen-bond acceptors (Lipinski definition) is 6. The van der Waals surface area contributed by atoms with Crippen LogP contribution >= 0.6 is 23.2 Å². The van der Waals surface area contributed by atoms with Crippen LogP contribution in [0.15, 0.2) is 27.8 Å². The van der Waals surface area contributed by atoms with Gasteiger partial charge in [-0.1, -0.05) is 37.0 Å². The minimum atomic E-state index is -0.600. The number of anilines is 2. The number of carbonyl (C=O) groups is 1. The largest absolute Gasteiger partial charge is 0.338 e. The fraction of sp³-hybridized carbons (Fsp3) is 0.520. The first-order valence-corrected chi connectivity index (χ1v) is 13.3. The standard InChI is InChI=1S/C25H31Cl2N7O3/c1-14(2)6-8-33-21-22(30-24(33)32-9-7-15-11-28-12-19(15)32)31(3)25(37)34(23(21)36)13-20(35)29-18-5-4-16(26)10-17(18)27/h4-5,10,14-15,19,28H,6-9,11-13H2,1-3H3,(H,29,35). The number of rotatable bonds is 7. The van der Waals surface area contributed by atoms with Gasteiger partial charge in [0, 0.05) is 44.3 Å². The van der Waals surface area contributed by atoms with Crippen molar-refractivity contribution in [3.8, 4) is 0 Å². The maximum Gasteiger partial charge on any atom is 0.332 e. The van der Waals surface area contributed by atoms with Crippen molar-refractivity contribution in [2.24, 2.45) is 18.9 Å². The summed E-state index contributed by atoms with van der Waals surface area (Å²) < 4.78 is 4.26. The van der Waals surface area contributed by atoms with E-state index < -0.39 is 23.7 Å². The summed E-state index contributed by atoms with van der Waals surface area (Å²) in [4.78, 5) is 47.0. The second-order valence-corrected chi connectivity index (χ2v) is 11.1. The van der Waals surface area contributed by atoms with Crippen molar-refractivity contribution in [2.75, 3.05) is 29.9 Å². The number of fused-ring (bicyclic) bond motifs is 2. The highest BCUT2D eigenvalue weighted by atomic mass is 35.5. The van der Waals surface area contributed by atoms with Gasteiger partial charge < -0.3 is 20.1 Å². The summed E-state index contributed by atoms with van der Waals surface area (Å²) in [6, 6.07) is 4.98. The van der Waals surface area contributed by atoms with Gasteiger partial charge in [-0.05, 0) is 42.9 Å². The molecule has 0 radical (unpaired) electrons. The van der Waals surface area contributed by atoms with Crippen molar-refractivity contribution in [1.82, 2.24) is 24.0 Å². The SMILES string of the molecule is CC(C)CCn1c(N2CCC3CNCC32)nc2c1c(=O)n(CC(=O)Nc1ccc(Cl)cc1Cl)c(=O)n2C. The van der Waals surface area contributed by atoms with Gasteiger partial charge >= 0.3 is 5.69 Å². The molecule has 2 aliphatic heterocycles. The Balaban J connectivity index is 1.56. The van der Waals surface area contributed by atoms with E-state index in [-0.39, 0.29) is 5.02 Å². The molecule has 0 aliphatic carbocycles. The zero-order valence-electron chi connectivity index (χ0n) is 21.1. The van der Waals surface area contributed by atoms with Crippen LogP contribution in [0.2, 0.25) is 10.0 Å². The highest BCUT2D eigenvalue weighted by molar-refractivity contribution is 6.36. The van der Waals surface area contributed by atoms with Crippen LogP contribution in [-0.2, 0) is 24.9 Å². The van der Waals surface area contributed by atoms with Gasteiger partial charge in [-0.15, -0.1) is 0 Å². The molecule has 0 spiro atoms. The quantitative estimate of drug-likeness (QED) is 0.471. The predicted molar refractivity (Wildman–Crippen MR) is 146 cm³/mol. The van der Waals surface area contributed by atoms with E-state index in [4.69, 9.17) is 28.2 Å². The summed E-state index contributed by atoms with van der Waals surface area (Å²) in [7, 11) is 1.59. The molecule has 12 heteroatoms. The summed E-state index contributed by atoms with van der Waals surface area (Å²) in [6.45, 7) is 7.10. The number of benzene rings is 1. The number of amides is 1. The molecule has 2 unspecified atom stereocenters. The molecule has 37 heavy (non-hydrogen) atoms. The van der Waals surface area contributed by atoms with Crippen molar-refractivity contribution in [2.45, 2.75) is 45.8 Å². The van der Waals surface area contributed by atoms with Gasteiger partial charge in [-0.3, -0.25) is 14.2 Å². The molecular formula is C25H31Cl2N7O3. The van der Waals surface area contributed by atoms with Gasteiger partial charge in [-0.25, -0.2) is 9.36 Å². The van der Waals surface area contributed by atoms with Crippen molar-refractivity contribution in [3.05, 3.63) is 49.1 Å². The van der Waals surface area contributed by atoms with Gasteiger partial charge in [0.05, 0.1) is 10.7 Å². The molecule has 10 nitrogen and oxygen atoms in total. The molecule has 4 heterocycles. The first kappa shape index (κ1) is 25.8. The fourth-order valence-electron chi connectivity index (χ4n) is 5.34. The van der Waals surface area contributed by atoms with Crippen LogP contribution in [0, 0.1) is 11.8 Å². The molecule has 0 saturated carbocycles. The van der Waals surface area contributed by atoms with Crippen LogP contribution < -0.4 is 26.8 Å². The molecule has 2 atom stereocenters. The number of imidazole rings is 1. The first-order chi connectivity index (χ1) is 17.7. The third-order valence-corrected chi connectivity index (χ3v) is 7.90. The lowest BCUT2D eigenvalue weighted by molar-refractivity contribution is -0.116. The first-order valence-electron chi connectivity index (χ1n) is 12.6. The van der Waals surface area contributed by atoms with Gasteiger partial charge in [0.2, 0.25) is 11.9 Å². The molecule has 2 saturated heterocycles. The Hall–Kier alpha value is -2.82. The van der Waals surface area contributed by atoms with Crippen LogP contribution in [0.3, 0.4) is 0 Å².